The summed E-state index contributed by atoms with van der Waals surface area (Å²) in [6, 6.07) is 10.8. The van der Waals surface area contributed by atoms with Crippen molar-refractivity contribution in [2.24, 2.45) is 5.92 Å². The number of anilines is 1. The molecular formula is C20H25N3O3. The third kappa shape index (κ3) is 4.20. The molecule has 1 saturated heterocycles. The summed E-state index contributed by atoms with van der Waals surface area (Å²) in [7, 11) is 0. The van der Waals surface area contributed by atoms with Crippen LogP contribution in [0.5, 0.6) is 5.75 Å². The van der Waals surface area contributed by atoms with Crippen molar-refractivity contribution >= 4 is 11.6 Å². The predicted molar refractivity (Wildman–Crippen MR) is 99.7 cm³/mol. The van der Waals surface area contributed by atoms with Crippen molar-refractivity contribution in [2.75, 3.05) is 18.0 Å². The molecule has 3 rings (SSSR count). The van der Waals surface area contributed by atoms with E-state index < -0.39 is 5.91 Å². The number of piperidine rings is 1. The van der Waals surface area contributed by atoms with Crippen LogP contribution < -0.4 is 15.0 Å². The molecule has 26 heavy (non-hydrogen) atoms. The van der Waals surface area contributed by atoms with E-state index in [2.05, 4.69) is 10.3 Å². The quantitative estimate of drug-likeness (QED) is 0.806. The number of ether oxygens (including phenoxy) is 1. The van der Waals surface area contributed by atoms with Crippen LogP contribution in [0.2, 0.25) is 0 Å². The molecule has 6 nitrogen and oxygen atoms in total. The first kappa shape index (κ1) is 18.4. The molecule has 1 aliphatic rings. The summed E-state index contributed by atoms with van der Waals surface area (Å²) in [5.41, 5.74) is 1.57. The standard InChI is InChI=1S/C20H25N3O3/c1-15-4-3-5-18(14-15)26-20(2,25)23(17-8-12-22-13-9-17)19(24)16-6-10-21-11-7-16/h3-5,8-9,12-14,16,21,25H,6-7,10-11H2,1-2H3. The number of nitrogens with one attached hydrogen (secondary N) is 1. The smallest absolute Gasteiger partial charge is 0.295 e. The lowest BCUT2D eigenvalue weighted by Crippen LogP contribution is -2.56. The molecule has 1 amide bonds. The maximum atomic E-state index is 13.2. The average Bonchev–Trinajstić information content (AvgIpc) is 2.63. The number of benzene rings is 1. The molecule has 0 saturated carbocycles. The molecule has 0 bridgehead atoms. The highest BCUT2D eigenvalue weighted by Crippen LogP contribution is 2.29. The first-order valence-electron chi connectivity index (χ1n) is 8.90. The average molecular weight is 355 g/mol. The van der Waals surface area contributed by atoms with Crippen molar-refractivity contribution in [3.8, 4) is 5.75 Å². The number of hydrogen-bond donors (Lipinski definition) is 2. The Morgan fingerprint density at radius 3 is 2.62 bits per heavy atom. The van der Waals surface area contributed by atoms with Crippen molar-refractivity contribution in [1.82, 2.24) is 10.3 Å². The predicted octanol–water partition coefficient (Wildman–Crippen LogP) is 2.47. The van der Waals surface area contributed by atoms with Gasteiger partial charge in [-0.15, -0.1) is 0 Å². The molecule has 0 radical (unpaired) electrons. The zero-order chi connectivity index (χ0) is 18.6. The molecule has 1 aliphatic heterocycles. The first-order valence-corrected chi connectivity index (χ1v) is 8.90. The van der Waals surface area contributed by atoms with Crippen LogP contribution >= 0.6 is 0 Å². The summed E-state index contributed by atoms with van der Waals surface area (Å²) >= 11 is 0. The Labute approximate surface area is 153 Å². The van der Waals surface area contributed by atoms with E-state index in [1.54, 1.807) is 30.6 Å². The van der Waals surface area contributed by atoms with E-state index in [9.17, 15) is 9.90 Å². The number of hydrogen-bond acceptors (Lipinski definition) is 5. The highest BCUT2D eigenvalue weighted by molar-refractivity contribution is 5.95. The van der Waals surface area contributed by atoms with Crippen molar-refractivity contribution < 1.29 is 14.6 Å². The van der Waals surface area contributed by atoms with Crippen molar-refractivity contribution in [1.29, 1.82) is 0 Å². The lowest BCUT2D eigenvalue weighted by atomic mass is 9.96. The number of aryl methyl sites for hydroxylation is 1. The van der Waals surface area contributed by atoms with Crippen LogP contribution in [0.15, 0.2) is 48.8 Å². The number of aliphatic hydroxyl groups is 1. The first-order chi connectivity index (χ1) is 12.5. The van der Waals surface area contributed by atoms with Gasteiger partial charge in [0.15, 0.2) is 0 Å². The van der Waals surface area contributed by atoms with Crippen molar-refractivity contribution in [3.05, 3.63) is 54.4 Å². The van der Waals surface area contributed by atoms with E-state index in [1.807, 2.05) is 25.1 Å². The highest BCUT2D eigenvalue weighted by atomic mass is 16.6. The molecule has 1 aromatic carbocycles. The minimum atomic E-state index is -1.82. The van der Waals surface area contributed by atoms with Crippen LogP contribution in [0.25, 0.3) is 0 Å². The summed E-state index contributed by atoms with van der Waals surface area (Å²) in [5, 5.41) is 14.4. The normalized spacial score (nSPS) is 17.3. The molecule has 2 aromatic rings. The fourth-order valence-electron chi connectivity index (χ4n) is 3.26. The molecule has 0 spiro atoms. The molecule has 6 heteroatoms. The topological polar surface area (TPSA) is 74.7 Å². The van der Waals surface area contributed by atoms with E-state index in [-0.39, 0.29) is 11.8 Å². The zero-order valence-corrected chi connectivity index (χ0v) is 15.2. The van der Waals surface area contributed by atoms with E-state index in [0.717, 1.165) is 31.5 Å². The van der Waals surface area contributed by atoms with Gasteiger partial charge in [-0.05, 0) is 62.7 Å². The second kappa shape index (κ2) is 7.85. The Morgan fingerprint density at radius 2 is 1.96 bits per heavy atom. The number of carbonyl (C=O) groups excluding carboxylic acids is 1. The molecule has 0 aliphatic carbocycles. The van der Waals surface area contributed by atoms with Crippen LogP contribution in [-0.4, -0.2) is 35.0 Å². The Bertz CT molecular complexity index is 743. The van der Waals surface area contributed by atoms with E-state index in [1.165, 1.54) is 11.8 Å². The molecular weight excluding hydrogens is 330 g/mol. The molecule has 138 valence electrons. The van der Waals surface area contributed by atoms with E-state index in [4.69, 9.17) is 4.74 Å². The third-order valence-electron chi connectivity index (χ3n) is 4.55. The van der Waals surface area contributed by atoms with Crippen LogP contribution in [0.4, 0.5) is 5.69 Å². The SMILES string of the molecule is Cc1cccc(OC(C)(O)N(C(=O)C2CCNCC2)c2ccncc2)c1. The molecule has 1 fully saturated rings. The number of nitrogens with zero attached hydrogens (tertiary/aromatic N) is 2. The lowest BCUT2D eigenvalue weighted by molar-refractivity contribution is -0.149. The van der Waals surface area contributed by atoms with Crippen molar-refractivity contribution in [2.45, 2.75) is 32.6 Å². The van der Waals surface area contributed by atoms with Gasteiger partial charge in [-0.25, -0.2) is 4.90 Å². The van der Waals surface area contributed by atoms with Crippen LogP contribution in [0.1, 0.15) is 25.3 Å². The van der Waals surface area contributed by atoms with Gasteiger partial charge in [-0.1, -0.05) is 12.1 Å². The van der Waals surface area contributed by atoms with Crippen molar-refractivity contribution in [3.63, 3.8) is 0 Å². The van der Waals surface area contributed by atoms with Crippen LogP contribution in [-0.2, 0) is 4.79 Å². The number of rotatable bonds is 5. The molecule has 1 aromatic heterocycles. The maximum Gasteiger partial charge on any atom is 0.295 e. The van der Waals surface area contributed by atoms with Gasteiger partial charge in [0.2, 0.25) is 5.91 Å². The van der Waals surface area contributed by atoms with Gasteiger partial charge in [0.05, 0.1) is 5.69 Å². The number of carbonyl (C=O) groups is 1. The molecule has 2 N–H and O–H groups in total. The lowest BCUT2D eigenvalue weighted by Gasteiger charge is -2.39. The summed E-state index contributed by atoms with van der Waals surface area (Å²) in [5.74, 6) is -1.61. The minimum Gasteiger partial charge on any atom is -0.444 e. The number of pyridine rings is 1. The molecule has 1 unspecified atom stereocenters. The summed E-state index contributed by atoms with van der Waals surface area (Å²) < 4.78 is 5.84. The monoisotopic (exact) mass is 355 g/mol. The van der Waals surface area contributed by atoms with Gasteiger partial charge in [-0.3, -0.25) is 9.78 Å². The number of amides is 1. The zero-order valence-electron chi connectivity index (χ0n) is 15.2. The summed E-state index contributed by atoms with van der Waals surface area (Å²) in [4.78, 5) is 18.6. The van der Waals surface area contributed by atoms with Gasteiger partial charge >= 0.3 is 0 Å². The Balaban J connectivity index is 1.92. The second-order valence-corrected chi connectivity index (χ2v) is 6.76. The van der Waals surface area contributed by atoms with Crippen LogP contribution in [0, 0.1) is 12.8 Å². The van der Waals surface area contributed by atoms with E-state index in [0.29, 0.717) is 11.4 Å². The van der Waals surface area contributed by atoms with Gasteiger partial charge in [0.25, 0.3) is 5.91 Å². The number of aromatic nitrogens is 1. The fraction of sp³-hybridized carbons (Fsp3) is 0.400. The largest absolute Gasteiger partial charge is 0.444 e. The third-order valence-corrected chi connectivity index (χ3v) is 4.55. The van der Waals surface area contributed by atoms with Gasteiger partial charge in [0, 0.05) is 25.2 Å². The second-order valence-electron chi connectivity index (χ2n) is 6.76. The Kier molecular flexibility index (Phi) is 5.54. The van der Waals surface area contributed by atoms with Gasteiger partial charge in [-0.2, -0.15) is 0 Å². The van der Waals surface area contributed by atoms with Gasteiger partial charge in [0.1, 0.15) is 5.75 Å². The van der Waals surface area contributed by atoms with Crippen LogP contribution in [0.3, 0.4) is 0 Å². The maximum absolute atomic E-state index is 13.2. The van der Waals surface area contributed by atoms with Gasteiger partial charge < -0.3 is 15.2 Å². The highest BCUT2D eigenvalue weighted by Gasteiger charge is 2.40. The molecule has 1 atom stereocenters. The Morgan fingerprint density at radius 1 is 1.27 bits per heavy atom. The molecule has 2 heterocycles. The summed E-state index contributed by atoms with van der Waals surface area (Å²) in [6.45, 7) is 5.03. The van der Waals surface area contributed by atoms with E-state index >= 15 is 0 Å². The fourth-order valence-corrected chi connectivity index (χ4v) is 3.26. The Hall–Kier alpha value is -2.44. The summed E-state index contributed by atoms with van der Waals surface area (Å²) in [6.07, 6.45) is 4.67. The minimum absolute atomic E-state index is 0.143.